The highest BCUT2D eigenvalue weighted by Gasteiger charge is 2.25. The molecule has 10 rings (SSSR count). The number of para-hydroxylation sites is 2. The average molecular weight is 592 g/mol. The maximum atomic E-state index is 6.97. The second-order valence-electron chi connectivity index (χ2n) is 11.7. The number of hydrogen-bond donors (Lipinski definition) is 0. The lowest BCUT2D eigenvalue weighted by atomic mass is 9.94. The number of rotatable bonds is 2. The minimum atomic E-state index is 0.873. The van der Waals surface area contributed by atoms with E-state index >= 15 is 0 Å². The molecule has 1 aliphatic rings. The molecule has 0 amide bonds. The number of benzene rings is 7. The summed E-state index contributed by atoms with van der Waals surface area (Å²) in [5, 5.41) is 5.02. The van der Waals surface area contributed by atoms with Crippen LogP contribution in [0.15, 0.2) is 152 Å². The van der Waals surface area contributed by atoms with Gasteiger partial charge in [-0.1, -0.05) is 103 Å². The topological polar surface area (TPSA) is 14.2 Å². The molecule has 0 N–H and O–H groups in total. The van der Waals surface area contributed by atoms with Crippen molar-refractivity contribution in [2.45, 2.75) is 0 Å². The Labute approximate surface area is 264 Å². The van der Waals surface area contributed by atoms with Gasteiger partial charge in [-0.2, -0.15) is 0 Å². The van der Waals surface area contributed by atoms with Crippen LogP contribution in [0.2, 0.25) is 0 Å². The van der Waals surface area contributed by atoms with Crippen molar-refractivity contribution in [2.24, 2.45) is 0 Å². The van der Waals surface area contributed by atoms with Gasteiger partial charge in [0.05, 0.1) is 11.0 Å². The first kappa shape index (κ1) is 24.8. The van der Waals surface area contributed by atoms with E-state index in [0.29, 0.717) is 0 Å². The van der Waals surface area contributed by atoms with Gasteiger partial charge in [0.15, 0.2) is 5.75 Å². The van der Waals surface area contributed by atoms with E-state index in [2.05, 4.69) is 156 Å². The van der Waals surface area contributed by atoms with E-state index < -0.39 is 0 Å². The van der Waals surface area contributed by atoms with Gasteiger partial charge in [-0.05, 0) is 70.8 Å². The Hall–Kier alpha value is -5.64. The number of ether oxygens (including phenoxy) is 1. The lowest BCUT2D eigenvalue weighted by Gasteiger charge is -2.15. The van der Waals surface area contributed by atoms with E-state index in [9.17, 15) is 0 Å². The lowest BCUT2D eigenvalue weighted by Crippen LogP contribution is -1.97. The third-order valence-electron chi connectivity index (χ3n) is 9.21. The molecule has 3 heteroatoms. The molecule has 9 aromatic rings. The zero-order valence-electron chi connectivity index (χ0n) is 24.2. The summed E-state index contributed by atoms with van der Waals surface area (Å²) in [7, 11) is 0. The van der Waals surface area contributed by atoms with Crippen LogP contribution in [0.1, 0.15) is 0 Å². The minimum Gasteiger partial charge on any atom is -0.454 e. The zero-order valence-corrected chi connectivity index (χ0v) is 25.0. The highest BCUT2D eigenvalue weighted by Crippen LogP contribution is 2.51. The third-order valence-corrected chi connectivity index (χ3v) is 10.4. The molecule has 210 valence electrons. The van der Waals surface area contributed by atoms with Crippen molar-refractivity contribution in [1.82, 2.24) is 4.57 Å². The van der Waals surface area contributed by atoms with E-state index in [4.69, 9.17) is 4.74 Å². The largest absolute Gasteiger partial charge is 0.454 e. The number of hydrogen-bond acceptors (Lipinski definition) is 2. The molecule has 0 aliphatic carbocycles. The van der Waals surface area contributed by atoms with Crippen LogP contribution in [0.5, 0.6) is 11.5 Å². The first-order chi connectivity index (χ1) is 22.3. The fourth-order valence-electron chi connectivity index (χ4n) is 7.18. The standard InChI is InChI=1S/C42H25NOS/c1-2-13-30-29(12-1)32-15-4-7-18-38(32)44-42-35(30)22-21-34-31-14-3-6-17-37(31)43(41(34)42)28-11-9-10-26(24-28)27-20-23-40-36(25-27)33-16-5-8-19-39(33)45-40/h1-25H. The number of aromatic nitrogens is 1. The molecule has 2 aromatic heterocycles. The van der Waals surface area contributed by atoms with Crippen molar-refractivity contribution in [3.05, 3.63) is 152 Å². The van der Waals surface area contributed by atoms with Gasteiger partial charge in [0, 0.05) is 47.8 Å². The van der Waals surface area contributed by atoms with Crippen LogP contribution in [0.25, 0.3) is 81.0 Å². The van der Waals surface area contributed by atoms with Gasteiger partial charge < -0.3 is 9.30 Å². The second-order valence-corrected chi connectivity index (χ2v) is 12.8. The third kappa shape index (κ3) is 3.62. The van der Waals surface area contributed by atoms with Crippen LogP contribution in [-0.2, 0) is 0 Å². The van der Waals surface area contributed by atoms with Crippen molar-refractivity contribution in [2.75, 3.05) is 0 Å². The molecule has 45 heavy (non-hydrogen) atoms. The highest BCUT2D eigenvalue weighted by molar-refractivity contribution is 7.25. The molecule has 0 atom stereocenters. The Kier molecular flexibility index (Phi) is 5.19. The van der Waals surface area contributed by atoms with Crippen LogP contribution >= 0.6 is 11.3 Å². The number of fused-ring (bicyclic) bond motifs is 12. The minimum absolute atomic E-state index is 0.873. The average Bonchev–Trinajstić information content (AvgIpc) is 3.60. The number of thiophene rings is 1. The molecule has 0 radical (unpaired) electrons. The van der Waals surface area contributed by atoms with Gasteiger partial charge in [-0.15, -0.1) is 11.3 Å². The monoisotopic (exact) mass is 591 g/mol. The molecule has 0 saturated carbocycles. The molecule has 0 saturated heterocycles. The Morgan fingerprint density at radius 3 is 2.07 bits per heavy atom. The fraction of sp³-hybridized carbons (Fsp3) is 0. The predicted molar refractivity (Wildman–Crippen MR) is 190 cm³/mol. The highest BCUT2D eigenvalue weighted by atomic mass is 32.1. The predicted octanol–water partition coefficient (Wildman–Crippen LogP) is 12.3. The summed E-state index contributed by atoms with van der Waals surface area (Å²) in [6, 6.07) is 54.7. The van der Waals surface area contributed by atoms with Crippen LogP contribution in [0, 0.1) is 0 Å². The van der Waals surface area contributed by atoms with Gasteiger partial charge in [0.2, 0.25) is 0 Å². The second kappa shape index (κ2) is 9.43. The SMILES string of the molecule is c1cc(-c2ccc3sc4ccccc4c3c2)cc(-n2c3ccccc3c3ccc4c(c32)Oc2ccccc2-c2ccccc2-4)c1. The van der Waals surface area contributed by atoms with Gasteiger partial charge in [0.1, 0.15) is 5.75 Å². The summed E-state index contributed by atoms with van der Waals surface area (Å²) < 4.78 is 12.0. The smallest absolute Gasteiger partial charge is 0.159 e. The molecule has 0 bridgehead atoms. The first-order valence-electron chi connectivity index (χ1n) is 15.3. The summed E-state index contributed by atoms with van der Waals surface area (Å²) in [4.78, 5) is 0. The van der Waals surface area contributed by atoms with Crippen LogP contribution in [0.4, 0.5) is 0 Å². The molecule has 3 heterocycles. The zero-order chi connectivity index (χ0) is 29.5. The molecule has 1 aliphatic heterocycles. The summed E-state index contributed by atoms with van der Waals surface area (Å²) in [6.45, 7) is 0. The van der Waals surface area contributed by atoms with Gasteiger partial charge in [0.25, 0.3) is 0 Å². The maximum absolute atomic E-state index is 6.97. The van der Waals surface area contributed by atoms with E-state index in [1.807, 2.05) is 11.3 Å². The molecule has 0 fully saturated rings. The van der Waals surface area contributed by atoms with Crippen LogP contribution in [-0.4, -0.2) is 4.57 Å². The normalized spacial score (nSPS) is 12.2. The van der Waals surface area contributed by atoms with Crippen molar-refractivity contribution < 1.29 is 4.74 Å². The Balaban J connectivity index is 1.25. The summed E-state index contributed by atoms with van der Waals surface area (Å²) in [6.07, 6.45) is 0. The van der Waals surface area contributed by atoms with E-state index in [1.54, 1.807) is 0 Å². The molecular formula is C42H25NOS. The van der Waals surface area contributed by atoms with E-state index in [0.717, 1.165) is 39.3 Å². The summed E-state index contributed by atoms with van der Waals surface area (Å²) >= 11 is 1.86. The van der Waals surface area contributed by atoms with Crippen molar-refractivity contribution in [3.63, 3.8) is 0 Å². The Morgan fingerprint density at radius 2 is 1.16 bits per heavy atom. The van der Waals surface area contributed by atoms with Gasteiger partial charge >= 0.3 is 0 Å². The quantitative estimate of drug-likeness (QED) is 0.195. The van der Waals surface area contributed by atoms with E-state index in [1.165, 1.54) is 53.2 Å². The molecule has 7 aromatic carbocycles. The first-order valence-corrected chi connectivity index (χ1v) is 16.1. The molecule has 0 unspecified atom stereocenters. The number of nitrogens with zero attached hydrogens (tertiary/aromatic N) is 1. The van der Waals surface area contributed by atoms with Crippen molar-refractivity contribution >= 4 is 53.3 Å². The molecule has 0 spiro atoms. The molecular weight excluding hydrogens is 567 g/mol. The molecule has 2 nitrogen and oxygen atoms in total. The Bertz CT molecular complexity index is 2640. The van der Waals surface area contributed by atoms with Crippen molar-refractivity contribution in [1.29, 1.82) is 0 Å². The lowest BCUT2D eigenvalue weighted by molar-refractivity contribution is 0.491. The summed E-state index contributed by atoms with van der Waals surface area (Å²) in [5.74, 6) is 1.76. The van der Waals surface area contributed by atoms with Crippen LogP contribution in [0.3, 0.4) is 0 Å². The fourth-order valence-corrected chi connectivity index (χ4v) is 8.27. The summed E-state index contributed by atoms with van der Waals surface area (Å²) in [5.41, 5.74) is 10.3. The van der Waals surface area contributed by atoms with Crippen LogP contribution < -0.4 is 4.74 Å². The van der Waals surface area contributed by atoms with Gasteiger partial charge in [-0.25, -0.2) is 0 Å². The Morgan fingerprint density at radius 1 is 0.444 bits per heavy atom. The van der Waals surface area contributed by atoms with E-state index in [-0.39, 0.29) is 0 Å². The maximum Gasteiger partial charge on any atom is 0.159 e. The van der Waals surface area contributed by atoms with Crippen molar-refractivity contribution in [3.8, 4) is 50.6 Å². The van der Waals surface area contributed by atoms with Gasteiger partial charge in [-0.3, -0.25) is 0 Å².